The number of likely N-dealkylation sites (tertiary alicyclic amines) is 1. The number of anilines is 2. The molecular weight excluding hydrogens is 616 g/mol. The molecule has 1 aromatic heterocycles. The molecule has 0 bridgehead atoms. The molecule has 248 valence electrons. The second-order valence-electron chi connectivity index (χ2n) is 13.0. The largest absolute Gasteiger partial charge is 0.493 e. The number of hydrogen-bond acceptors (Lipinski definition) is 8. The van der Waals surface area contributed by atoms with Gasteiger partial charge < -0.3 is 29.2 Å². The molecule has 0 unspecified atom stereocenters. The molecule has 0 aliphatic carbocycles. The summed E-state index contributed by atoms with van der Waals surface area (Å²) in [6, 6.07) is 22.1. The van der Waals surface area contributed by atoms with Crippen LogP contribution in [0.2, 0.25) is 5.02 Å². The Bertz CT molecular complexity index is 1700. The first-order chi connectivity index (χ1) is 22.7. The highest BCUT2D eigenvalue weighted by atomic mass is 35.5. The maximum Gasteiger partial charge on any atom is 0.410 e. The number of aromatic nitrogens is 1. The number of rotatable bonds is 10. The summed E-state index contributed by atoms with van der Waals surface area (Å²) in [5.41, 5.74) is 4.84. The highest BCUT2D eigenvalue weighted by Crippen LogP contribution is 2.40. The van der Waals surface area contributed by atoms with Gasteiger partial charge in [-0.1, -0.05) is 48.0 Å². The molecule has 0 radical (unpaired) electrons. The smallest absolute Gasteiger partial charge is 0.410 e. The van der Waals surface area contributed by atoms with Gasteiger partial charge in [0.15, 0.2) is 11.5 Å². The molecule has 9 nitrogen and oxygen atoms in total. The van der Waals surface area contributed by atoms with Crippen LogP contribution in [0.5, 0.6) is 11.5 Å². The van der Waals surface area contributed by atoms with E-state index in [2.05, 4.69) is 16.3 Å². The fourth-order valence-electron chi connectivity index (χ4n) is 5.88. The highest BCUT2D eigenvalue weighted by Gasteiger charge is 2.36. The third-order valence-corrected chi connectivity index (χ3v) is 8.69. The average molecular weight is 659 g/mol. The Morgan fingerprint density at radius 1 is 1.02 bits per heavy atom. The number of benzene rings is 3. The van der Waals surface area contributed by atoms with E-state index in [9.17, 15) is 4.79 Å². The number of fused-ring (bicyclic) bond motifs is 1. The fraction of sp³-hybridized carbons (Fsp3) is 0.405. The molecule has 2 saturated heterocycles. The van der Waals surface area contributed by atoms with E-state index < -0.39 is 5.60 Å². The highest BCUT2D eigenvalue weighted by molar-refractivity contribution is 6.33. The standard InChI is InChI=1S/C37H43ClN4O5/c1-37(2,3)47-36(43)42-23-26(24-42)31-21-32(39-27-11-12-28(30(38)19-27)25-9-6-5-7-10-25)29-20-35(34(44-4)22-33(29)40-31)46-16-8-13-41-14-17-45-18-15-41/h5-7,9-12,19-22,26H,8,13-18,23-24H2,1-4H3,(H,39,40). The van der Waals surface area contributed by atoms with Crippen molar-refractivity contribution in [2.24, 2.45) is 0 Å². The van der Waals surface area contributed by atoms with Crippen molar-refractivity contribution in [3.05, 3.63) is 77.4 Å². The number of pyridine rings is 1. The molecule has 6 rings (SSSR count). The van der Waals surface area contributed by atoms with Crippen LogP contribution in [0.4, 0.5) is 16.2 Å². The number of morpholine rings is 1. The zero-order valence-electron chi connectivity index (χ0n) is 27.6. The summed E-state index contributed by atoms with van der Waals surface area (Å²) in [4.78, 5) is 21.8. The molecule has 1 N–H and O–H groups in total. The van der Waals surface area contributed by atoms with Crippen LogP contribution in [-0.2, 0) is 9.47 Å². The first-order valence-electron chi connectivity index (χ1n) is 16.2. The van der Waals surface area contributed by atoms with E-state index in [0.717, 1.165) is 78.4 Å². The SMILES string of the molecule is COc1cc2nc(C3CN(C(=O)OC(C)(C)C)C3)cc(Nc3ccc(-c4ccccc4)c(Cl)c3)c2cc1OCCCN1CCOCC1. The van der Waals surface area contributed by atoms with Gasteiger partial charge in [0.1, 0.15) is 5.60 Å². The summed E-state index contributed by atoms with van der Waals surface area (Å²) in [5.74, 6) is 1.36. The molecule has 2 fully saturated rings. The average Bonchev–Trinajstić information content (AvgIpc) is 3.02. The number of ether oxygens (including phenoxy) is 4. The monoisotopic (exact) mass is 658 g/mol. The maximum absolute atomic E-state index is 12.6. The molecule has 47 heavy (non-hydrogen) atoms. The van der Waals surface area contributed by atoms with Crippen molar-refractivity contribution in [1.82, 2.24) is 14.8 Å². The van der Waals surface area contributed by atoms with E-state index in [4.69, 9.17) is 35.5 Å². The van der Waals surface area contributed by atoms with Crippen LogP contribution in [-0.4, -0.2) is 86.1 Å². The quantitative estimate of drug-likeness (QED) is 0.173. The van der Waals surface area contributed by atoms with Gasteiger partial charge in [0, 0.05) is 72.7 Å². The summed E-state index contributed by atoms with van der Waals surface area (Å²) in [7, 11) is 1.64. The van der Waals surface area contributed by atoms with Gasteiger partial charge in [-0.15, -0.1) is 0 Å². The number of nitrogens with zero attached hydrogens (tertiary/aromatic N) is 3. The van der Waals surface area contributed by atoms with E-state index in [-0.39, 0.29) is 12.0 Å². The number of carbonyl (C=O) groups is 1. The lowest BCUT2D eigenvalue weighted by Crippen LogP contribution is -2.50. The second-order valence-corrected chi connectivity index (χ2v) is 13.4. The first kappa shape index (κ1) is 32.9. The number of hydrogen-bond donors (Lipinski definition) is 1. The minimum absolute atomic E-state index is 0.0682. The summed E-state index contributed by atoms with van der Waals surface area (Å²) in [6.07, 6.45) is 0.587. The minimum Gasteiger partial charge on any atom is -0.493 e. The lowest BCUT2D eigenvalue weighted by Gasteiger charge is -2.39. The molecule has 4 aromatic rings. The molecule has 1 amide bonds. The van der Waals surface area contributed by atoms with E-state index in [0.29, 0.717) is 36.2 Å². The lowest BCUT2D eigenvalue weighted by molar-refractivity contribution is 0.00790. The van der Waals surface area contributed by atoms with Crippen LogP contribution in [0.25, 0.3) is 22.0 Å². The molecular formula is C37H43ClN4O5. The Hall–Kier alpha value is -4.05. The van der Waals surface area contributed by atoms with Gasteiger partial charge in [0.25, 0.3) is 0 Å². The van der Waals surface area contributed by atoms with Crippen LogP contribution in [0, 0.1) is 0 Å². The molecule has 0 saturated carbocycles. The number of nitrogens with one attached hydrogen (secondary N) is 1. The zero-order valence-corrected chi connectivity index (χ0v) is 28.3. The molecule has 0 spiro atoms. The Morgan fingerprint density at radius 3 is 2.49 bits per heavy atom. The summed E-state index contributed by atoms with van der Waals surface area (Å²) >= 11 is 6.80. The number of methoxy groups -OCH3 is 1. The Balaban J connectivity index is 1.27. The van der Waals surface area contributed by atoms with Gasteiger partial charge in [-0.05, 0) is 57.0 Å². The van der Waals surface area contributed by atoms with E-state index in [1.54, 1.807) is 12.0 Å². The van der Waals surface area contributed by atoms with Crippen LogP contribution in [0.1, 0.15) is 38.8 Å². The van der Waals surface area contributed by atoms with Crippen molar-refractivity contribution >= 4 is 40.0 Å². The van der Waals surface area contributed by atoms with Gasteiger partial charge in [0.05, 0.1) is 37.5 Å². The topological polar surface area (TPSA) is 85.4 Å². The Morgan fingerprint density at radius 2 is 1.79 bits per heavy atom. The maximum atomic E-state index is 12.6. The molecule has 10 heteroatoms. The van der Waals surface area contributed by atoms with Crippen molar-refractivity contribution in [1.29, 1.82) is 0 Å². The second kappa shape index (κ2) is 14.4. The molecule has 3 aromatic carbocycles. The predicted octanol–water partition coefficient (Wildman–Crippen LogP) is 7.74. The van der Waals surface area contributed by atoms with Crippen LogP contribution in [0.3, 0.4) is 0 Å². The van der Waals surface area contributed by atoms with E-state index >= 15 is 0 Å². The minimum atomic E-state index is -0.545. The summed E-state index contributed by atoms with van der Waals surface area (Å²) < 4.78 is 23.1. The van der Waals surface area contributed by atoms with E-state index in [1.807, 2.05) is 81.4 Å². The normalized spacial score (nSPS) is 15.7. The van der Waals surface area contributed by atoms with Gasteiger partial charge in [0.2, 0.25) is 0 Å². The van der Waals surface area contributed by atoms with Crippen LogP contribution >= 0.6 is 11.6 Å². The van der Waals surface area contributed by atoms with Crippen LogP contribution in [0.15, 0.2) is 66.7 Å². The van der Waals surface area contributed by atoms with Crippen molar-refractivity contribution < 1.29 is 23.7 Å². The van der Waals surface area contributed by atoms with Crippen molar-refractivity contribution in [3.63, 3.8) is 0 Å². The van der Waals surface area contributed by atoms with Gasteiger partial charge in [-0.3, -0.25) is 9.88 Å². The Labute approximate surface area is 281 Å². The number of carbonyl (C=O) groups excluding carboxylic acids is 1. The number of amides is 1. The fourth-order valence-corrected chi connectivity index (χ4v) is 6.17. The third-order valence-electron chi connectivity index (χ3n) is 8.38. The van der Waals surface area contributed by atoms with Gasteiger partial charge in [-0.2, -0.15) is 0 Å². The Kier molecular flexibility index (Phi) is 10.1. The number of halogens is 1. The molecule has 2 aliphatic rings. The van der Waals surface area contributed by atoms with Gasteiger partial charge >= 0.3 is 6.09 Å². The van der Waals surface area contributed by atoms with Crippen molar-refractivity contribution in [2.45, 2.75) is 38.7 Å². The zero-order chi connectivity index (χ0) is 33.0. The summed E-state index contributed by atoms with van der Waals surface area (Å²) in [5, 5.41) is 5.15. The third kappa shape index (κ3) is 8.09. The molecule has 0 atom stereocenters. The van der Waals surface area contributed by atoms with Crippen LogP contribution < -0.4 is 14.8 Å². The van der Waals surface area contributed by atoms with Gasteiger partial charge in [-0.25, -0.2) is 4.79 Å². The van der Waals surface area contributed by atoms with E-state index in [1.165, 1.54) is 0 Å². The predicted molar refractivity (Wildman–Crippen MR) is 186 cm³/mol. The molecule has 3 heterocycles. The summed E-state index contributed by atoms with van der Waals surface area (Å²) in [6.45, 7) is 11.7. The van der Waals surface area contributed by atoms with Crippen molar-refractivity contribution in [2.75, 3.05) is 65.0 Å². The first-order valence-corrected chi connectivity index (χ1v) is 16.6. The molecule has 2 aliphatic heterocycles. The lowest BCUT2D eigenvalue weighted by atomic mass is 9.95. The van der Waals surface area contributed by atoms with Crippen molar-refractivity contribution in [3.8, 4) is 22.6 Å².